The van der Waals surface area contributed by atoms with E-state index in [4.69, 9.17) is 28.2 Å². The molecule has 0 radical (unpaired) electrons. The van der Waals surface area contributed by atoms with Crippen LogP contribution in [0.25, 0.3) is 11.3 Å². The Labute approximate surface area is 180 Å². The molecule has 0 atom stereocenters. The number of anilines is 3. The van der Waals surface area contributed by atoms with E-state index in [1.165, 1.54) is 19.3 Å². The number of rotatable bonds is 6. The third kappa shape index (κ3) is 5.28. The average molecular weight is 429 g/mol. The zero-order valence-corrected chi connectivity index (χ0v) is 17.3. The number of hydrogen-bond donors (Lipinski definition) is 3. The van der Waals surface area contributed by atoms with Crippen LogP contribution in [0.2, 0.25) is 10.0 Å². The van der Waals surface area contributed by atoms with E-state index in [0.29, 0.717) is 33.5 Å². The zero-order chi connectivity index (χ0) is 20.1. The molecule has 3 N–H and O–H groups in total. The Kier molecular flexibility index (Phi) is 6.32. The zero-order valence-electron chi connectivity index (χ0n) is 15.8. The van der Waals surface area contributed by atoms with Crippen LogP contribution in [0.1, 0.15) is 32.1 Å². The third-order valence-electron chi connectivity index (χ3n) is 4.90. The summed E-state index contributed by atoms with van der Waals surface area (Å²) < 4.78 is 0. The summed E-state index contributed by atoms with van der Waals surface area (Å²) in [6, 6.07) is 11.4. The van der Waals surface area contributed by atoms with Crippen molar-refractivity contribution in [1.29, 1.82) is 0 Å². The van der Waals surface area contributed by atoms with Crippen molar-refractivity contribution in [3.8, 4) is 11.3 Å². The molecule has 150 valence electrons. The lowest BCUT2D eigenvalue weighted by atomic mass is 9.96. The standard InChI is InChI=1S/C21H22Cl2N6/c22-15-6-7-18(17(23)12-15)28-29-20-13-19(14-8-10-24-11-9-14)26-21(27-20)25-16-4-2-1-3-5-16/h6-13,16,28H,1-5H2,(H2,25,26,27,29). The van der Waals surface area contributed by atoms with Crippen LogP contribution in [0, 0.1) is 0 Å². The summed E-state index contributed by atoms with van der Waals surface area (Å²) in [5.74, 6) is 1.24. The topological polar surface area (TPSA) is 74.8 Å². The van der Waals surface area contributed by atoms with Crippen LogP contribution in [0.3, 0.4) is 0 Å². The number of benzene rings is 1. The van der Waals surface area contributed by atoms with Crippen molar-refractivity contribution in [2.75, 3.05) is 16.2 Å². The average Bonchev–Trinajstić information content (AvgIpc) is 2.74. The number of aromatic nitrogens is 3. The van der Waals surface area contributed by atoms with Gasteiger partial charge in [0.05, 0.1) is 16.4 Å². The monoisotopic (exact) mass is 428 g/mol. The Morgan fingerprint density at radius 1 is 0.862 bits per heavy atom. The number of hydrogen-bond acceptors (Lipinski definition) is 6. The maximum atomic E-state index is 6.24. The summed E-state index contributed by atoms with van der Waals surface area (Å²) in [7, 11) is 0. The fraction of sp³-hybridized carbons (Fsp3) is 0.286. The normalized spacial score (nSPS) is 14.4. The summed E-state index contributed by atoms with van der Waals surface area (Å²) in [6.45, 7) is 0. The molecule has 0 aliphatic heterocycles. The Hall–Kier alpha value is -2.57. The van der Waals surface area contributed by atoms with Gasteiger partial charge in [-0.25, -0.2) is 4.98 Å². The molecule has 0 bridgehead atoms. The maximum Gasteiger partial charge on any atom is 0.225 e. The highest BCUT2D eigenvalue weighted by Crippen LogP contribution is 2.27. The quantitative estimate of drug-likeness (QED) is 0.416. The summed E-state index contributed by atoms with van der Waals surface area (Å²) in [4.78, 5) is 13.4. The molecule has 6 nitrogen and oxygen atoms in total. The minimum atomic E-state index is 0.406. The first-order valence-electron chi connectivity index (χ1n) is 9.70. The molecule has 4 rings (SSSR count). The Bertz CT molecular complexity index is 961. The lowest BCUT2D eigenvalue weighted by molar-refractivity contribution is 0.461. The molecular formula is C21H22Cl2N6. The molecule has 1 fully saturated rings. The van der Waals surface area contributed by atoms with Gasteiger partial charge < -0.3 is 5.32 Å². The third-order valence-corrected chi connectivity index (χ3v) is 5.44. The minimum Gasteiger partial charge on any atom is -0.351 e. The lowest BCUT2D eigenvalue weighted by Crippen LogP contribution is -2.24. The van der Waals surface area contributed by atoms with E-state index in [-0.39, 0.29) is 0 Å². The number of nitrogens with zero attached hydrogens (tertiary/aromatic N) is 3. The summed E-state index contributed by atoms with van der Waals surface area (Å²) in [6.07, 6.45) is 9.57. The van der Waals surface area contributed by atoms with Crippen LogP contribution >= 0.6 is 23.2 Å². The Balaban J connectivity index is 1.58. The largest absolute Gasteiger partial charge is 0.351 e. The van der Waals surface area contributed by atoms with Gasteiger partial charge in [-0.2, -0.15) is 4.98 Å². The van der Waals surface area contributed by atoms with Crippen LogP contribution in [0.5, 0.6) is 0 Å². The molecule has 8 heteroatoms. The number of pyridine rings is 1. The molecule has 2 aromatic heterocycles. The molecule has 29 heavy (non-hydrogen) atoms. The number of hydrazine groups is 1. The van der Waals surface area contributed by atoms with Crippen LogP contribution < -0.4 is 16.2 Å². The summed E-state index contributed by atoms with van der Waals surface area (Å²) >= 11 is 12.2. The van der Waals surface area contributed by atoms with Crippen molar-refractivity contribution in [3.63, 3.8) is 0 Å². The fourth-order valence-electron chi connectivity index (χ4n) is 3.40. The number of halogens is 2. The first kappa shape index (κ1) is 19.7. The first-order valence-corrected chi connectivity index (χ1v) is 10.5. The van der Waals surface area contributed by atoms with Gasteiger partial charge in [0.1, 0.15) is 0 Å². The van der Waals surface area contributed by atoms with Crippen LogP contribution in [-0.2, 0) is 0 Å². The first-order chi connectivity index (χ1) is 14.2. The van der Waals surface area contributed by atoms with Gasteiger partial charge in [0.25, 0.3) is 0 Å². The van der Waals surface area contributed by atoms with Gasteiger partial charge in [-0.15, -0.1) is 0 Å². The van der Waals surface area contributed by atoms with Crippen LogP contribution in [0.15, 0.2) is 48.8 Å². The molecule has 3 aromatic rings. The van der Waals surface area contributed by atoms with Crippen molar-refractivity contribution in [2.45, 2.75) is 38.1 Å². The lowest BCUT2D eigenvalue weighted by Gasteiger charge is -2.23. The summed E-state index contributed by atoms with van der Waals surface area (Å²) in [5, 5.41) is 4.61. The molecule has 1 aromatic carbocycles. The summed E-state index contributed by atoms with van der Waals surface area (Å²) in [5.41, 5.74) is 8.72. The van der Waals surface area contributed by atoms with Crippen LogP contribution in [0.4, 0.5) is 17.5 Å². The van der Waals surface area contributed by atoms with Gasteiger partial charge in [-0.05, 0) is 43.2 Å². The molecule has 0 saturated heterocycles. The predicted molar refractivity (Wildman–Crippen MR) is 119 cm³/mol. The predicted octanol–water partition coefficient (Wildman–Crippen LogP) is 6.03. The Morgan fingerprint density at radius 2 is 1.66 bits per heavy atom. The SMILES string of the molecule is Clc1ccc(NNc2cc(-c3ccncc3)nc(NC3CCCCC3)n2)c(Cl)c1. The second kappa shape index (κ2) is 9.29. The van der Waals surface area contributed by atoms with E-state index >= 15 is 0 Å². The van der Waals surface area contributed by atoms with Crippen molar-refractivity contribution < 1.29 is 0 Å². The van der Waals surface area contributed by atoms with Gasteiger partial charge in [-0.3, -0.25) is 15.8 Å². The van der Waals surface area contributed by atoms with E-state index < -0.39 is 0 Å². The highest BCUT2D eigenvalue weighted by Gasteiger charge is 2.15. The number of nitrogens with one attached hydrogen (secondary N) is 3. The van der Waals surface area contributed by atoms with Crippen molar-refractivity contribution in [2.24, 2.45) is 0 Å². The molecule has 0 amide bonds. The maximum absolute atomic E-state index is 6.24. The molecule has 1 aliphatic carbocycles. The van der Waals surface area contributed by atoms with E-state index in [1.807, 2.05) is 24.3 Å². The van der Waals surface area contributed by atoms with Crippen molar-refractivity contribution in [1.82, 2.24) is 15.0 Å². The molecular weight excluding hydrogens is 407 g/mol. The van der Waals surface area contributed by atoms with Gasteiger partial charge in [0.15, 0.2) is 5.82 Å². The second-order valence-electron chi connectivity index (χ2n) is 7.05. The van der Waals surface area contributed by atoms with E-state index in [0.717, 1.165) is 24.1 Å². The molecule has 0 spiro atoms. The molecule has 0 unspecified atom stereocenters. The van der Waals surface area contributed by atoms with Gasteiger partial charge in [0, 0.05) is 35.1 Å². The molecule has 1 saturated carbocycles. The van der Waals surface area contributed by atoms with Gasteiger partial charge in [-0.1, -0.05) is 42.5 Å². The van der Waals surface area contributed by atoms with E-state index in [9.17, 15) is 0 Å². The van der Waals surface area contributed by atoms with E-state index in [1.54, 1.807) is 24.5 Å². The van der Waals surface area contributed by atoms with E-state index in [2.05, 4.69) is 26.1 Å². The Morgan fingerprint density at radius 3 is 2.41 bits per heavy atom. The minimum absolute atomic E-state index is 0.406. The van der Waals surface area contributed by atoms with Crippen LogP contribution in [-0.4, -0.2) is 21.0 Å². The highest BCUT2D eigenvalue weighted by atomic mass is 35.5. The molecule has 2 heterocycles. The second-order valence-corrected chi connectivity index (χ2v) is 7.89. The fourth-order valence-corrected chi connectivity index (χ4v) is 3.85. The van der Waals surface area contributed by atoms with Gasteiger partial charge in [0.2, 0.25) is 5.95 Å². The van der Waals surface area contributed by atoms with Crippen molar-refractivity contribution in [3.05, 3.63) is 58.8 Å². The highest BCUT2D eigenvalue weighted by molar-refractivity contribution is 6.36. The van der Waals surface area contributed by atoms with Gasteiger partial charge >= 0.3 is 0 Å². The molecule has 1 aliphatic rings. The smallest absolute Gasteiger partial charge is 0.225 e. The van der Waals surface area contributed by atoms with Crippen molar-refractivity contribution >= 4 is 40.7 Å².